The van der Waals surface area contributed by atoms with Gasteiger partial charge in [-0.25, -0.2) is 0 Å². The Kier molecular flexibility index (Phi) is 7.46. The van der Waals surface area contributed by atoms with E-state index in [1.165, 1.54) is 32.5 Å². The van der Waals surface area contributed by atoms with E-state index in [4.69, 9.17) is 10.9 Å². The molecule has 0 aromatic rings. The van der Waals surface area contributed by atoms with Crippen molar-refractivity contribution in [1.29, 1.82) is 0 Å². The molecule has 0 radical (unpaired) electrons. The number of nitrogens with zero attached hydrogens (tertiary/aromatic N) is 3. The smallest absolute Gasteiger partial charge is 0.144 e. The lowest BCUT2D eigenvalue weighted by Crippen LogP contribution is -2.39. The van der Waals surface area contributed by atoms with Gasteiger partial charge in [0.1, 0.15) is 5.84 Å². The van der Waals surface area contributed by atoms with Gasteiger partial charge in [-0.2, -0.15) is 0 Å². The van der Waals surface area contributed by atoms with Gasteiger partial charge in [-0.15, -0.1) is 0 Å². The summed E-state index contributed by atoms with van der Waals surface area (Å²) in [6, 6.07) is 0.744. The number of rotatable bonds is 9. The van der Waals surface area contributed by atoms with E-state index < -0.39 is 0 Å². The minimum atomic E-state index is -0.211. The summed E-state index contributed by atoms with van der Waals surface area (Å²) in [6.45, 7) is 11.1. The third-order valence-electron chi connectivity index (χ3n) is 4.82. The standard InChI is InChI=1S/C16H34N4O/c1-5-20-12-8-9-14(20)13-19(4)11-7-6-10-16(2,3)15(17)18-21/h14,21H,5-13H2,1-4H3,(H2,17,18). The molecule has 0 bridgehead atoms. The lowest BCUT2D eigenvalue weighted by Gasteiger charge is -2.28. The first-order chi connectivity index (χ1) is 9.90. The Bertz CT molecular complexity index is 330. The van der Waals surface area contributed by atoms with E-state index in [2.05, 4.69) is 28.9 Å². The molecule has 0 aromatic heterocycles. The van der Waals surface area contributed by atoms with Gasteiger partial charge in [0, 0.05) is 18.0 Å². The van der Waals surface area contributed by atoms with Crippen LogP contribution in [0.15, 0.2) is 5.16 Å². The molecule has 1 atom stereocenters. The summed E-state index contributed by atoms with van der Waals surface area (Å²) >= 11 is 0. The number of nitrogens with two attached hydrogens (primary N) is 1. The quantitative estimate of drug-likeness (QED) is 0.225. The fourth-order valence-electron chi connectivity index (χ4n) is 3.18. The van der Waals surface area contributed by atoms with Crippen molar-refractivity contribution in [3.05, 3.63) is 0 Å². The molecular weight excluding hydrogens is 264 g/mol. The van der Waals surface area contributed by atoms with Crippen LogP contribution in [0.1, 0.15) is 52.9 Å². The Morgan fingerprint density at radius 2 is 2.14 bits per heavy atom. The molecule has 21 heavy (non-hydrogen) atoms. The summed E-state index contributed by atoms with van der Waals surface area (Å²) in [5.41, 5.74) is 5.51. The van der Waals surface area contributed by atoms with Gasteiger partial charge in [-0.1, -0.05) is 32.3 Å². The highest BCUT2D eigenvalue weighted by Crippen LogP contribution is 2.23. The molecule has 0 saturated carbocycles. The maximum Gasteiger partial charge on any atom is 0.144 e. The van der Waals surface area contributed by atoms with Gasteiger partial charge in [-0.3, -0.25) is 4.90 Å². The molecule has 5 nitrogen and oxygen atoms in total. The van der Waals surface area contributed by atoms with Gasteiger partial charge in [-0.05, 0) is 52.4 Å². The summed E-state index contributed by atoms with van der Waals surface area (Å²) in [4.78, 5) is 5.05. The first kappa shape index (κ1) is 18.2. The molecule has 1 rings (SSSR count). The second-order valence-electron chi connectivity index (χ2n) is 7.01. The largest absolute Gasteiger partial charge is 0.409 e. The lowest BCUT2D eigenvalue weighted by atomic mass is 9.86. The van der Waals surface area contributed by atoms with Crippen molar-refractivity contribution in [3.8, 4) is 0 Å². The number of hydrogen-bond donors (Lipinski definition) is 2. The monoisotopic (exact) mass is 298 g/mol. The lowest BCUT2D eigenvalue weighted by molar-refractivity contribution is 0.196. The van der Waals surface area contributed by atoms with Gasteiger partial charge in [0.15, 0.2) is 0 Å². The molecule has 0 aliphatic carbocycles. The summed E-state index contributed by atoms with van der Waals surface area (Å²) in [6.07, 6.45) is 5.92. The van der Waals surface area contributed by atoms with Gasteiger partial charge in [0.25, 0.3) is 0 Å². The Morgan fingerprint density at radius 3 is 2.76 bits per heavy atom. The number of oxime groups is 1. The Hall–Kier alpha value is -0.810. The Labute approximate surface area is 130 Å². The maximum absolute atomic E-state index is 8.77. The normalized spacial score (nSPS) is 21.4. The Morgan fingerprint density at radius 1 is 1.43 bits per heavy atom. The van der Waals surface area contributed by atoms with Crippen molar-refractivity contribution in [1.82, 2.24) is 9.80 Å². The molecule has 1 fully saturated rings. The second-order valence-corrected chi connectivity index (χ2v) is 7.01. The predicted molar refractivity (Wildman–Crippen MR) is 88.8 cm³/mol. The average molecular weight is 298 g/mol. The zero-order chi connectivity index (χ0) is 15.9. The molecule has 1 aliphatic rings. The zero-order valence-electron chi connectivity index (χ0n) is 14.3. The highest BCUT2D eigenvalue weighted by molar-refractivity contribution is 5.85. The zero-order valence-corrected chi connectivity index (χ0v) is 14.3. The molecule has 1 heterocycles. The molecule has 1 aliphatic heterocycles. The molecule has 3 N–H and O–H groups in total. The van der Waals surface area contributed by atoms with E-state index in [9.17, 15) is 0 Å². The predicted octanol–water partition coefficient (Wildman–Crippen LogP) is 2.35. The third-order valence-corrected chi connectivity index (χ3v) is 4.82. The summed E-state index contributed by atoms with van der Waals surface area (Å²) in [5, 5.41) is 11.9. The van der Waals surface area contributed by atoms with Crippen LogP contribution in [0.5, 0.6) is 0 Å². The van der Waals surface area contributed by atoms with Crippen molar-refractivity contribution in [2.45, 2.75) is 58.9 Å². The van der Waals surface area contributed by atoms with Crippen LogP contribution in [-0.4, -0.2) is 60.1 Å². The van der Waals surface area contributed by atoms with Gasteiger partial charge >= 0.3 is 0 Å². The number of likely N-dealkylation sites (tertiary alicyclic amines) is 1. The topological polar surface area (TPSA) is 65.1 Å². The summed E-state index contributed by atoms with van der Waals surface area (Å²) < 4.78 is 0. The van der Waals surface area contributed by atoms with Crippen LogP contribution in [0.4, 0.5) is 0 Å². The molecule has 1 unspecified atom stereocenters. The fraction of sp³-hybridized carbons (Fsp3) is 0.938. The fourth-order valence-corrected chi connectivity index (χ4v) is 3.18. The van der Waals surface area contributed by atoms with Crippen LogP contribution in [0.2, 0.25) is 0 Å². The van der Waals surface area contributed by atoms with Crippen molar-refractivity contribution in [2.75, 3.05) is 33.2 Å². The van der Waals surface area contributed by atoms with Gasteiger partial charge in [0.2, 0.25) is 0 Å². The second kappa shape index (κ2) is 8.59. The SMILES string of the molecule is CCN1CCCC1CN(C)CCCCC(C)(C)C(N)=NO. The van der Waals surface area contributed by atoms with Crippen LogP contribution in [0.25, 0.3) is 0 Å². The molecule has 1 saturated heterocycles. The van der Waals surface area contributed by atoms with Crippen molar-refractivity contribution in [3.63, 3.8) is 0 Å². The average Bonchev–Trinajstić information content (AvgIpc) is 2.89. The van der Waals surface area contributed by atoms with Crippen LogP contribution >= 0.6 is 0 Å². The van der Waals surface area contributed by atoms with Crippen molar-refractivity contribution >= 4 is 5.84 Å². The molecule has 0 spiro atoms. The van der Waals surface area contributed by atoms with Gasteiger partial charge < -0.3 is 15.8 Å². The van der Waals surface area contributed by atoms with Gasteiger partial charge in [0.05, 0.1) is 0 Å². The Balaban J connectivity index is 2.20. The molecule has 5 heteroatoms. The van der Waals surface area contributed by atoms with Crippen molar-refractivity contribution < 1.29 is 5.21 Å². The minimum absolute atomic E-state index is 0.211. The molecular formula is C16H34N4O. The maximum atomic E-state index is 8.77. The van der Waals surface area contributed by atoms with E-state index in [-0.39, 0.29) is 5.41 Å². The third kappa shape index (κ3) is 5.83. The van der Waals surface area contributed by atoms with E-state index in [1.807, 2.05) is 13.8 Å². The number of likely N-dealkylation sites (N-methyl/N-ethyl adjacent to an activating group) is 2. The van der Waals surface area contributed by atoms with Crippen LogP contribution in [-0.2, 0) is 0 Å². The van der Waals surface area contributed by atoms with Crippen molar-refractivity contribution in [2.24, 2.45) is 16.3 Å². The number of hydrogen-bond acceptors (Lipinski definition) is 4. The summed E-state index contributed by atoms with van der Waals surface area (Å²) in [5.74, 6) is 0.334. The van der Waals surface area contributed by atoms with E-state index in [0.29, 0.717) is 5.84 Å². The number of unbranched alkanes of at least 4 members (excludes halogenated alkanes) is 1. The first-order valence-corrected chi connectivity index (χ1v) is 8.31. The van der Waals surface area contributed by atoms with Crippen LogP contribution in [0, 0.1) is 5.41 Å². The highest BCUT2D eigenvalue weighted by Gasteiger charge is 2.24. The van der Waals surface area contributed by atoms with E-state index in [0.717, 1.165) is 31.8 Å². The summed E-state index contributed by atoms with van der Waals surface area (Å²) in [7, 11) is 2.22. The minimum Gasteiger partial charge on any atom is -0.409 e. The van der Waals surface area contributed by atoms with E-state index in [1.54, 1.807) is 0 Å². The van der Waals surface area contributed by atoms with Crippen LogP contribution in [0.3, 0.4) is 0 Å². The molecule has 0 amide bonds. The number of amidine groups is 1. The first-order valence-electron chi connectivity index (χ1n) is 8.31. The molecule has 0 aromatic carbocycles. The molecule has 124 valence electrons. The highest BCUT2D eigenvalue weighted by atomic mass is 16.4. The van der Waals surface area contributed by atoms with E-state index >= 15 is 0 Å². The van der Waals surface area contributed by atoms with Crippen LogP contribution < -0.4 is 5.73 Å².